The average molecular weight is 597 g/mol. The highest BCUT2D eigenvalue weighted by Crippen LogP contribution is 2.61. The number of rotatable bonds is 6. The molecule has 0 aliphatic heterocycles. The third-order valence-corrected chi connectivity index (χ3v) is 14.7. The number of hydrogen-bond acceptors (Lipinski definition) is 2. The molecule has 0 unspecified atom stereocenters. The highest BCUT2D eigenvalue weighted by Gasteiger charge is 2.57. The van der Waals surface area contributed by atoms with Gasteiger partial charge in [-0.2, -0.15) is 0 Å². The Labute approximate surface area is 266 Å². The number of anilines is 2. The molecule has 10 aliphatic carbocycles. The third-order valence-electron chi connectivity index (χ3n) is 14.7. The molecule has 10 fully saturated rings. The number of carbonyl (C=O) groups excluding carboxylic acids is 2. The van der Waals surface area contributed by atoms with Crippen molar-refractivity contribution in [1.29, 1.82) is 0 Å². The SMILES string of the molecule is O=C(C1CCCCC1)N(c1cccc(N(C(=O)C2CCCCC2)C23CC4CC(CC(C4)C2)C3)c1)C12CC3CC(CC(C3)C1)C2. The van der Waals surface area contributed by atoms with Crippen molar-refractivity contribution < 1.29 is 9.59 Å². The van der Waals surface area contributed by atoms with Crippen molar-refractivity contribution in [3.8, 4) is 0 Å². The number of nitrogens with zero attached hydrogens (tertiary/aromatic N) is 2. The predicted octanol–water partition coefficient (Wildman–Crippen LogP) is 9.45. The zero-order valence-corrected chi connectivity index (χ0v) is 27.2. The maximum absolute atomic E-state index is 14.8. The lowest BCUT2D eigenvalue weighted by Crippen LogP contribution is -2.63. The maximum atomic E-state index is 14.8. The summed E-state index contributed by atoms with van der Waals surface area (Å²) >= 11 is 0. The van der Waals surface area contributed by atoms with Crippen LogP contribution >= 0.6 is 0 Å². The summed E-state index contributed by atoms with van der Waals surface area (Å²) in [5, 5.41) is 0. The topological polar surface area (TPSA) is 40.6 Å². The largest absolute Gasteiger partial charge is 0.306 e. The smallest absolute Gasteiger partial charge is 0.230 e. The highest BCUT2D eigenvalue weighted by molar-refractivity contribution is 6.00. The van der Waals surface area contributed by atoms with Crippen molar-refractivity contribution >= 4 is 23.2 Å². The van der Waals surface area contributed by atoms with Gasteiger partial charge in [-0.25, -0.2) is 0 Å². The van der Waals surface area contributed by atoms with Crippen molar-refractivity contribution in [3.63, 3.8) is 0 Å². The van der Waals surface area contributed by atoms with Crippen LogP contribution in [0.3, 0.4) is 0 Å². The van der Waals surface area contributed by atoms with E-state index in [0.29, 0.717) is 11.8 Å². The Morgan fingerprint density at radius 2 is 0.818 bits per heavy atom. The lowest BCUT2D eigenvalue weighted by molar-refractivity contribution is -0.127. The molecule has 44 heavy (non-hydrogen) atoms. The van der Waals surface area contributed by atoms with Gasteiger partial charge < -0.3 is 9.80 Å². The summed E-state index contributed by atoms with van der Waals surface area (Å²) in [4.78, 5) is 34.5. The summed E-state index contributed by atoms with van der Waals surface area (Å²) < 4.78 is 0. The predicted molar refractivity (Wildman–Crippen MR) is 176 cm³/mol. The highest BCUT2D eigenvalue weighted by atomic mass is 16.2. The number of amides is 2. The van der Waals surface area contributed by atoms with E-state index in [9.17, 15) is 9.59 Å². The van der Waals surface area contributed by atoms with E-state index in [4.69, 9.17) is 0 Å². The first kappa shape index (κ1) is 28.4. The van der Waals surface area contributed by atoms with Gasteiger partial charge in [-0.1, -0.05) is 44.6 Å². The second-order valence-corrected chi connectivity index (χ2v) is 17.8. The Morgan fingerprint density at radius 1 is 0.500 bits per heavy atom. The van der Waals surface area contributed by atoms with Crippen LogP contribution in [0.15, 0.2) is 24.3 Å². The molecular weight excluding hydrogens is 540 g/mol. The van der Waals surface area contributed by atoms with Crippen LogP contribution in [0.1, 0.15) is 141 Å². The lowest BCUT2D eigenvalue weighted by atomic mass is 9.52. The minimum atomic E-state index is -0.0131. The van der Waals surface area contributed by atoms with Crippen LogP contribution in [0.4, 0.5) is 11.4 Å². The molecule has 0 saturated heterocycles. The van der Waals surface area contributed by atoms with Gasteiger partial charge >= 0.3 is 0 Å². The number of benzene rings is 1. The fourth-order valence-electron chi connectivity index (χ4n) is 13.8. The Bertz CT molecular complexity index is 1110. The van der Waals surface area contributed by atoms with Crippen molar-refractivity contribution in [1.82, 2.24) is 0 Å². The van der Waals surface area contributed by atoms with Gasteiger partial charge in [0, 0.05) is 34.3 Å². The van der Waals surface area contributed by atoms with E-state index in [1.807, 2.05) is 0 Å². The summed E-state index contributed by atoms with van der Waals surface area (Å²) in [6.07, 6.45) is 27.1. The van der Waals surface area contributed by atoms with Gasteiger partial charge in [0.1, 0.15) is 0 Å². The molecule has 0 aromatic heterocycles. The van der Waals surface area contributed by atoms with Crippen LogP contribution in [0, 0.1) is 47.3 Å². The Balaban J connectivity index is 1.13. The number of hydrogen-bond donors (Lipinski definition) is 0. The first-order chi connectivity index (χ1) is 21.5. The summed E-state index contributed by atoms with van der Waals surface area (Å²) in [7, 11) is 0. The zero-order valence-electron chi connectivity index (χ0n) is 27.2. The van der Waals surface area contributed by atoms with Crippen molar-refractivity contribution in [2.45, 2.75) is 152 Å². The quantitative estimate of drug-likeness (QED) is 0.328. The van der Waals surface area contributed by atoms with E-state index < -0.39 is 0 Å². The van der Waals surface area contributed by atoms with Gasteiger partial charge in [-0.3, -0.25) is 9.59 Å². The molecule has 2 amide bonds. The normalized spacial score (nSPS) is 41.2. The molecule has 238 valence electrons. The van der Waals surface area contributed by atoms with Crippen LogP contribution in [-0.4, -0.2) is 22.9 Å². The van der Waals surface area contributed by atoms with E-state index >= 15 is 0 Å². The first-order valence-corrected chi connectivity index (χ1v) is 19.3. The molecule has 0 heterocycles. The average Bonchev–Trinajstić information content (AvgIpc) is 3.01. The molecular formula is C40H56N2O2. The van der Waals surface area contributed by atoms with E-state index in [2.05, 4.69) is 34.1 Å². The van der Waals surface area contributed by atoms with Crippen molar-refractivity contribution in [2.24, 2.45) is 47.3 Å². The van der Waals surface area contributed by atoms with Gasteiger partial charge in [-0.15, -0.1) is 0 Å². The van der Waals surface area contributed by atoms with Gasteiger partial charge in [-0.05, 0) is 156 Å². The molecule has 0 radical (unpaired) electrons. The van der Waals surface area contributed by atoms with Crippen molar-refractivity contribution in [2.75, 3.05) is 9.80 Å². The first-order valence-electron chi connectivity index (χ1n) is 19.3. The molecule has 0 atom stereocenters. The molecule has 0 spiro atoms. The summed E-state index contributed by atoms with van der Waals surface area (Å²) in [5.41, 5.74) is 2.21. The van der Waals surface area contributed by atoms with Gasteiger partial charge in [0.25, 0.3) is 0 Å². The molecule has 4 nitrogen and oxygen atoms in total. The van der Waals surface area contributed by atoms with Crippen LogP contribution in [0.5, 0.6) is 0 Å². The van der Waals surface area contributed by atoms with Crippen LogP contribution in [0.2, 0.25) is 0 Å². The van der Waals surface area contributed by atoms with E-state index in [1.165, 1.54) is 116 Å². The molecule has 1 aromatic carbocycles. The molecule has 8 bridgehead atoms. The van der Waals surface area contributed by atoms with E-state index in [-0.39, 0.29) is 22.9 Å². The molecule has 1 aromatic rings. The second kappa shape index (κ2) is 10.9. The monoisotopic (exact) mass is 596 g/mol. The van der Waals surface area contributed by atoms with Gasteiger partial charge in [0.05, 0.1) is 0 Å². The van der Waals surface area contributed by atoms with Crippen molar-refractivity contribution in [3.05, 3.63) is 24.3 Å². The Hall–Kier alpha value is -1.84. The summed E-state index contributed by atoms with van der Waals surface area (Å²) in [6.45, 7) is 0. The van der Waals surface area contributed by atoms with E-state index in [1.54, 1.807) is 0 Å². The fourth-order valence-corrected chi connectivity index (χ4v) is 13.8. The lowest BCUT2D eigenvalue weighted by Gasteiger charge is -2.61. The Kier molecular flexibility index (Phi) is 7.01. The molecule has 4 heteroatoms. The van der Waals surface area contributed by atoms with Crippen LogP contribution in [0.25, 0.3) is 0 Å². The van der Waals surface area contributed by atoms with Gasteiger partial charge in [0.2, 0.25) is 11.8 Å². The zero-order chi connectivity index (χ0) is 29.5. The molecule has 10 saturated carbocycles. The summed E-state index contributed by atoms with van der Waals surface area (Å²) in [5.74, 6) is 5.94. The maximum Gasteiger partial charge on any atom is 0.230 e. The molecule has 10 aliphatic rings. The standard InChI is InChI=1S/C40H56N2O2/c43-37(33-8-3-1-4-9-33)41(39-21-27-14-28(22-39)16-29(15-27)23-39)35-12-7-13-36(20-35)42(38(44)34-10-5-2-6-11-34)40-24-30-17-31(25-40)19-32(18-30)26-40/h7,12-13,20,27-34H,1-6,8-11,14-19,21-26H2. The minimum absolute atomic E-state index is 0.0131. The van der Waals surface area contributed by atoms with Crippen LogP contribution in [-0.2, 0) is 9.59 Å². The summed E-state index contributed by atoms with van der Waals surface area (Å²) in [6, 6.07) is 9.09. The second-order valence-electron chi connectivity index (χ2n) is 17.8. The molecule has 0 N–H and O–H groups in total. The number of carbonyl (C=O) groups is 2. The fraction of sp³-hybridized carbons (Fsp3) is 0.800. The van der Waals surface area contributed by atoms with Crippen LogP contribution < -0.4 is 9.80 Å². The minimum Gasteiger partial charge on any atom is -0.306 e. The van der Waals surface area contributed by atoms with Gasteiger partial charge in [0.15, 0.2) is 0 Å². The van der Waals surface area contributed by atoms with E-state index in [0.717, 1.165) is 72.6 Å². The molecule has 11 rings (SSSR count). The third kappa shape index (κ3) is 4.73. The Morgan fingerprint density at radius 3 is 1.14 bits per heavy atom.